The van der Waals surface area contributed by atoms with Gasteiger partial charge in [-0.25, -0.2) is 9.97 Å². The zero-order chi connectivity index (χ0) is 21.5. The van der Waals surface area contributed by atoms with Crippen molar-refractivity contribution in [1.29, 1.82) is 0 Å². The summed E-state index contributed by atoms with van der Waals surface area (Å²) in [7, 11) is 0. The Balaban J connectivity index is 1.47. The fraction of sp³-hybridized carbons (Fsp3) is 0.368. The molecule has 0 bridgehead atoms. The van der Waals surface area contributed by atoms with Crippen LogP contribution in [0.3, 0.4) is 0 Å². The number of halogens is 1. The Hall–Kier alpha value is -3.11. The summed E-state index contributed by atoms with van der Waals surface area (Å²) in [6, 6.07) is 7.98. The van der Waals surface area contributed by atoms with Crippen molar-refractivity contribution in [3.63, 3.8) is 0 Å². The first-order valence-electron chi connectivity index (χ1n) is 9.50. The van der Waals surface area contributed by atoms with Crippen LogP contribution in [0, 0.1) is 0 Å². The second-order valence-electron chi connectivity index (χ2n) is 6.73. The quantitative estimate of drug-likeness (QED) is 0.404. The predicted molar refractivity (Wildman–Crippen MR) is 115 cm³/mol. The molecule has 30 heavy (non-hydrogen) atoms. The van der Waals surface area contributed by atoms with E-state index in [1.54, 1.807) is 0 Å². The number of guanidine groups is 1. The number of carbonyl (C=O) groups excluding carboxylic acids is 1. The normalized spacial score (nSPS) is 16.9. The Morgan fingerprint density at radius 2 is 2.03 bits per heavy atom. The van der Waals surface area contributed by atoms with Crippen LogP contribution in [0.25, 0.3) is 0 Å². The van der Waals surface area contributed by atoms with Crippen molar-refractivity contribution in [3.8, 4) is 5.75 Å². The van der Waals surface area contributed by atoms with E-state index in [9.17, 15) is 4.79 Å². The SMILES string of the molecule is Nc1nc(N)c(C(=O)/N=C2/NCC(CCCc3ccc(OCCO)cc3)N2)nc1Cl. The van der Waals surface area contributed by atoms with Crippen LogP contribution in [0.2, 0.25) is 5.15 Å². The van der Waals surface area contributed by atoms with Crippen LogP contribution in [-0.2, 0) is 6.42 Å². The van der Waals surface area contributed by atoms with E-state index in [1.807, 2.05) is 24.3 Å². The maximum atomic E-state index is 12.3. The number of aliphatic hydroxyl groups excluding tert-OH is 1. The van der Waals surface area contributed by atoms with Crippen molar-refractivity contribution in [2.45, 2.75) is 25.3 Å². The van der Waals surface area contributed by atoms with Gasteiger partial charge in [-0.1, -0.05) is 23.7 Å². The van der Waals surface area contributed by atoms with E-state index in [0.717, 1.165) is 25.0 Å². The van der Waals surface area contributed by atoms with Gasteiger partial charge in [0.2, 0.25) is 0 Å². The third kappa shape index (κ3) is 5.71. The number of hydrogen-bond donors (Lipinski definition) is 5. The van der Waals surface area contributed by atoms with Gasteiger partial charge < -0.3 is 31.9 Å². The third-order valence-electron chi connectivity index (χ3n) is 4.48. The summed E-state index contributed by atoms with van der Waals surface area (Å²) in [4.78, 5) is 23.9. The number of aryl methyl sites for hydroxylation is 1. The number of nitrogen functional groups attached to an aromatic ring is 2. The first kappa shape index (κ1) is 21.6. The summed E-state index contributed by atoms with van der Waals surface area (Å²) in [6.45, 7) is 0.940. The number of hydrogen-bond acceptors (Lipinski definition) is 7. The molecule has 1 amide bonds. The number of nitrogens with zero attached hydrogens (tertiary/aromatic N) is 3. The summed E-state index contributed by atoms with van der Waals surface area (Å²) in [6.07, 6.45) is 2.78. The van der Waals surface area contributed by atoms with Gasteiger partial charge in [-0.05, 0) is 37.0 Å². The van der Waals surface area contributed by atoms with Crippen LogP contribution >= 0.6 is 11.6 Å². The summed E-state index contributed by atoms with van der Waals surface area (Å²) in [5.74, 6) is 0.301. The largest absolute Gasteiger partial charge is 0.491 e. The number of nitrogens with two attached hydrogens (primary N) is 2. The molecule has 1 aromatic heterocycles. The third-order valence-corrected chi connectivity index (χ3v) is 4.76. The molecule has 0 saturated carbocycles. The number of aliphatic hydroxyl groups is 1. The molecule has 1 aliphatic heterocycles. The summed E-state index contributed by atoms with van der Waals surface area (Å²) >= 11 is 5.81. The molecule has 1 saturated heterocycles. The van der Waals surface area contributed by atoms with E-state index in [-0.39, 0.29) is 41.7 Å². The summed E-state index contributed by atoms with van der Waals surface area (Å²) in [5, 5.41) is 14.9. The van der Waals surface area contributed by atoms with Crippen molar-refractivity contribution < 1.29 is 14.6 Å². The van der Waals surface area contributed by atoms with Gasteiger partial charge in [-0.2, -0.15) is 4.99 Å². The molecule has 0 spiro atoms. The Kier molecular flexibility index (Phi) is 7.26. The highest BCUT2D eigenvalue weighted by Crippen LogP contribution is 2.18. The standard InChI is InChI=1S/C19H24ClN7O3/c20-15-17(22)26-16(21)14(25-15)18(29)27-19-23-10-12(24-19)3-1-2-11-4-6-13(7-5-11)30-9-8-28/h4-7,12,28H,1-3,8-10H2,(H4,21,22,26)(H2,23,24,27,29). The van der Waals surface area contributed by atoms with Gasteiger partial charge in [0.15, 0.2) is 28.4 Å². The number of ether oxygens (including phenoxy) is 1. The highest BCUT2D eigenvalue weighted by atomic mass is 35.5. The zero-order valence-corrected chi connectivity index (χ0v) is 17.0. The minimum atomic E-state index is -0.652. The van der Waals surface area contributed by atoms with E-state index < -0.39 is 5.91 Å². The molecule has 3 rings (SSSR count). The van der Waals surface area contributed by atoms with Crippen LogP contribution in [0.1, 0.15) is 28.9 Å². The topological polar surface area (TPSA) is 161 Å². The molecule has 1 atom stereocenters. The number of benzene rings is 1. The minimum Gasteiger partial charge on any atom is -0.491 e. The molecule has 1 aliphatic rings. The number of rotatable bonds is 8. The first-order valence-corrected chi connectivity index (χ1v) is 9.88. The van der Waals surface area contributed by atoms with E-state index in [4.69, 9.17) is 32.9 Å². The average Bonchev–Trinajstić information content (AvgIpc) is 3.17. The molecule has 1 fully saturated rings. The number of amides is 1. The van der Waals surface area contributed by atoms with E-state index in [1.165, 1.54) is 5.56 Å². The van der Waals surface area contributed by atoms with E-state index in [0.29, 0.717) is 12.5 Å². The highest BCUT2D eigenvalue weighted by Gasteiger charge is 2.21. The van der Waals surface area contributed by atoms with Crippen LogP contribution < -0.4 is 26.8 Å². The molecule has 160 valence electrons. The van der Waals surface area contributed by atoms with Gasteiger partial charge in [-0.15, -0.1) is 0 Å². The minimum absolute atomic E-state index is 0.00439. The van der Waals surface area contributed by atoms with E-state index in [2.05, 4.69) is 25.6 Å². The Labute approximate surface area is 178 Å². The summed E-state index contributed by atoms with van der Waals surface area (Å²) in [5.41, 5.74) is 12.3. The lowest BCUT2D eigenvalue weighted by Gasteiger charge is -2.09. The van der Waals surface area contributed by atoms with Crippen LogP contribution in [0.4, 0.5) is 11.6 Å². The van der Waals surface area contributed by atoms with Crippen molar-refractivity contribution in [2.24, 2.45) is 4.99 Å². The lowest BCUT2D eigenvalue weighted by atomic mass is 10.1. The maximum absolute atomic E-state index is 12.3. The van der Waals surface area contributed by atoms with Crippen molar-refractivity contribution in [1.82, 2.24) is 20.6 Å². The average molecular weight is 434 g/mol. The van der Waals surface area contributed by atoms with Gasteiger partial charge >= 0.3 is 5.91 Å². The predicted octanol–water partition coefficient (Wildman–Crippen LogP) is 0.746. The molecular weight excluding hydrogens is 410 g/mol. The van der Waals surface area contributed by atoms with E-state index >= 15 is 0 Å². The van der Waals surface area contributed by atoms with Gasteiger partial charge in [0, 0.05) is 12.6 Å². The Bertz CT molecular complexity index is 921. The number of aliphatic imine (C=N–C) groups is 1. The van der Waals surface area contributed by atoms with Gasteiger partial charge in [0.05, 0.1) is 6.61 Å². The first-order chi connectivity index (χ1) is 14.5. The molecule has 10 nitrogen and oxygen atoms in total. The lowest BCUT2D eigenvalue weighted by molar-refractivity contribution is 0.0998. The number of carbonyl (C=O) groups is 1. The molecule has 7 N–H and O–H groups in total. The second-order valence-corrected chi connectivity index (χ2v) is 7.09. The monoisotopic (exact) mass is 433 g/mol. The summed E-state index contributed by atoms with van der Waals surface area (Å²) < 4.78 is 5.35. The van der Waals surface area contributed by atoms with Gasteiger partial charge in [0.1, 0.15) is 12.4 Å². The fourth-order valence-electron chi connectivity index (χ4n) is 2.98. The molecule has 0 aliphatic carbocycles. The lowest BCUT2D eigenvalue weighted by Crippen LogP contribution is -2.29. The smallest absolute Gasteiger partial charge is 0.302 e. The molecule has 0 radical (unpaired) electrons. The van der Waals surface area contributed by atoms with Crippen LogP contribution in [0.5, 0.6) is 5.75 Å². The van der Waals surface area contributed by atoms with Gasteiger partial charge in [-0.3, -0.25) is 4.79 Å². The molecule has 2 heterocycles. The van der Waals surface area contributed by atoms with Gasteiger partial charge in [0.25, 0.3) is 0 Å². The molecule has 1 unspecified atom stereocenters. The number of anilines is 2. The Morgan fingerprint density at radius 1 is 1.27 bits per heavy atom. The zero-order valence-electron chi connectivity index (χ0n) is 16.3. The molecule has 1 aromatic carbocycles. The number of nitrogens with one attached hydrogen (secondary N) is 2. The second kappa shape index (κ2) is 10.1. The van der Waals surface area contributed by atoms with Crippen molar-refractivity contribution in [2.75, 3.05) is 31.2 Å². The highest BCUT2D eigenvalue weighted by molar-refractivity contribution is 6.31. The number of aromatic nitrogens is 2. The Morgan fingerprint density at radius 3 is 2.77 bits per heavy atom. The fourth-order valence-corrected chi connectivity index (χ4v) is 3.11. The van der Waals surface area contributed by atoms with Crippen molar-refractivity contribution in [3.05, 3.63) is 40.7 Å². The molecular formula is C19H24ClN7O3. The van der Waals surface area contributed by atoms with Crippen LogP contribution in [0.15, 0.2) is 29.3 Å². The van der Waals surface area contributed by atoms with Crippen LogP contribution in [-0.4, -0.2) is 52.7 Å². The molecule has 11 heteroatoms. The maximum Gasteiger partial charge on any atom is 0.302 e. The molecule has 2 aromatic rings. The van der Waals surface area contributed by atoms with Crippen molar-refractivity contribution >= 4 is 35.1 Å².